The van der Waals surface area contributed by atoms with Gasteiger partial charge in [-0.1, -0.05) is 0 Å². The van der Waals surface area contributed by atoms with Crippen LogP contribution in [-0.2, 0) is 20.9 Å². The zero-order chi connectivity index (χ0) is 20.4. The van der Waals surface area contributed by atoms with E-state index < -0.39 is 24.0 Å². The van der Waals surface area contributed by atoms with Gasteiger partial charge >= 0.3 is 12.1 Å². The molecule has 1 aliphatic rings. The van der Waals surface area contributed by atoms with Crippen LogP contribution < -0.4 is 11.5 Å². The largest absolute Gasteiger partial charge is 0.490 e. The fourth-order valence-corrected chi connectivity index (χ4v) is 3.48. The molecule has 1 fully saturated rings. The van der Waals surface area contributed by atoms with Gasteiger partial charge in [0.2, 0.25) is 11.8 Å². The molecule has 1 aliphatic heterocycles. The molecule has 2 aromatic heterocycles. The van der Waals surface area contributed by atoms with Crippen LogP contribution in [0.1, 0.15) is 12.0 Å². The standard InChI is InChI=1S/C13H14N4O2S.C2HF3O2/c14-11-10-8(1-3-16-11)7(6-20-10)5-17-4-2-9(12(15)18)13(17)19;3-2(4,5)1(6)7/h1,3,6,9H,2,4-5H2,(H2,14,16)(H2,15,18);(H,6,7)/t9-;/m0./s1. The first kappa shape index (κ1) is 20.4. The number of fused-ring (bicyclic) bond motifs is 1. The number of nitrogen functional groups attached to an aromatic ring is 1. The van der Waals surface area contributed by atoms with Gasteiger partial charge in [0.1, 0.15) is 11.7 Å². The molecule has 5 N–H and O–H groups in total. The van der Waals surface area contributed by atoms with E-state index in [2.05, 4.69) is 4.98 Å². The third kappa shape index (κ3) is 4.64. The molecule has 3 rings (SSSR count). The molecule has 2 aromatic rings. The average molecular weight is 404 g/mol. The van der Waals surface area contributed by atoms with Crippen LogP contribution >= 0.6 is 11.3 Å². The van der Waals surface area contributed by atoms with Gasteiger partial charge in [-0.3, -0.25) is 9.59 Å². The van der Waals surface area contributed by atoms with Crippen molar-refractivity contribution >= 4 is 45.0 Å². The molecule has 2 amide bonds. The molecule has 1 saturated heterocycles. The van der Waals surface area contributed by atoms with Crippen LogP contribution in [0.25, 0.3) is 10.1 Å². The van der Waals surface area contributed by atoms with E-state index in [4.69, 9.17) is 21.4 Å². The Kier molecular flexibility index (Phi) is 5.88. The number of carboxylic acids is 1. The molecule has 3 heterocycles. The quantitative estimate of drug-likeness (QED) is 0.660. The highest BCUT2D eigenvalue weighted by molar-refractivity contribution is 7.18. The highest BCUT2D eigenvalue weighted by Gasteiger charge is 2.38. The Morgan fingerprint density at radius 1 is 1.41 bits per heavy atom. The number of amides is 2. The topological polar surface area (TPSA) is 140 Å². The molecule has 12 heteroatoms. The minimum Gasteiger partial charge on any atom is -0.475 e. The second-order valence-corrected chi connectivity index (χ2v) is 6.52. The molecule has 0 bridgehead atoms. The van der Waals surface area contributed by atoms with Crippen molar-refractivity contribution in [1.29, 1.82) is 0 Å². The summed E-state index contributed by atoms with van der Waals surface area (Å²) in [6, 6.07) is 1.89. The lowest BCUT2D eigenvalue weighted by Crippen LogP contribution is -2.33. The van der Waals surface area contributed by atoms with Gasteiger partial charge in [-0.2, -0.15) is 13.2 Å². The lowest BCUT2D eigenvalue weighted by atomic mass is 10.1. The Balaban J connectivity index is 0.000000321. The molecule has 0 saturated carbocycles. The Morgan fingerprint density at radius 3 is 2.56 bits per heavy atom. The first-order chi connectivity index (χ1) is 12.5. The maximum Gasteiger partial charge on any atom is 0.490 e. The third-order valence-electron chi connectivity index (χ3n) is 3.84. The van der Waals surface area contributed by atoms with Crippen molar-refractivity contribution in [3.05, 3.63) is 23.2 Å². The molecular weight excluding hydrogens is 389 g/mol. The third-order valence-corrected chi connectivity index (χ3v) is 4.91. The lowest BCUT2D eigenvalue weighted by Gasteiger charge is -2.15. The molecule has 0 unspecified atom stereocenters. The number of hydrogen-bond donors (Lipinski definition) is 3. The number of carbonyl (C=O) groups is 3. The summed E-state index contributed by atoms with van der Waals surface area (Å²) >= 11 is 1.52. The van der Waals surface area contributed by atoms with Gasteiger partial charge < -0.3 is 21.5 Å². The Bertz CT molecular complexity index is 884. The van der Waals surface area contributed by atoms with E-state index in [0.717, 1.165) is 15.6 Å². The maximum atomic E-state index is 12.1. The summed E-state index contributed by atoms with van der Waals surface area (Å²) in [6.45, 7) is 1.04. The number of alkyl halides is 3. The summed E-state index contributed by atoms with van der Waals surface area (Å²) in [5.41, 5.74) is 12.1. The summed E-state index contributed by atoms with van der Waals surface area (Å²) in [5.74, 6) is -3.65. The lowest BCUT2D eigenvalue weighted by molar-refractivity contribution is -0.192. The summed E-state index contributed by atoms with van der Waals surface area (Å²) in [6.07, 6.45) is -2.92. The molecule has 0 spiro atoms. The van der Waals surface area contributed by atoms with E-state index in [9.17, 15) is 22.8 Å². The van der Waals surface area contributed by atoms with Crippen molar-refractivity contribution in [1.82, 2.24) is 9.88 Å². The van der Waals surface area contributed by atoms with Gasteiger partial charge in [-0.15, -0.1) is 11.3 Å². The van der Waals surface area contributed by atoms with E-state index in [0.29, 0.717) is 25.3 Å². The van der Waals surface area contributed by atoms with Gasteiger partial charge in [0, 0.05) is 24.7 Å². The van der Waals surface area contributed by atoms with Crippen LogP contribution in [-0.4, -0.2) is 45.5 Å². The van der Waals surface area contributed by atoms with Gasteiger partial charge in [0.25, 0.3) is 0 Å². The highest BCUT2D eigenvalue weighted by Crippen LogP contribution is 2.31. The van der Waals surface area contributed by atoms with Crippen LogP contribution in [0, 0.1) is 5.92 Å². The summed E-state index contributed by atoms with van der Waals surface area (Å²) in [4.78, 5) is 37.9. The number of carbonyl (C=O) groups excluding carboxylic acids is 2. The van der Waals surface area contributed by atoms with Crippen LogP contribution in [0.2, 0.25) is 0 Å². The number of pyridine rings is 1. The van der Waals surface area contributed by atoms with Crippen molar-refractivity contribution in [2.45, 2.75) is 19.1 Å². The molecular formula is C15H15F3N4O4S. The van der Waals surface area contributed by atoms with E-state index in [1.807, 2.05) is 11.4 Å². The molecule has 146 valence electrons. The number of thiophene rings is 1. The second-order valence-electron chi connectivity index (χ2n) is 5.64. The van der Waals surface area contributed by atoms with Crippen molar-refractivity contribution < 1.29 is 32.7 Å². The van der Waals surface area contributed by atoms with Crippen LogP contribution in [0.3, 0.4) is 0 Å². The average Bonchev–Trinajstić information content (AvgIpc) is 3.13. The number of primary amides is 1. The SMILES string of the molecule is NC(=O)[C@@H]1CCN(Cc2csc3c(N)nccc23)C1=O.O=C(O)C(F)(F)F. The van der Waals surface area contributed by atoms with Crippen LogP contribution in [0.5, 0.6) is 0 Å². The van der Waals surface area contributed by atoms with Gasteiger partial charge in [0.15, 0.2) is 0 Å². The van der Waals surface area contributed by atoms with Gasteiger partial charge in [-0.25, -0.2) is 9.78 Å². The Morgan fingerprint density at radius 2 is 2.04 bits per heavy atom. The van der Waals surface area contributed by atoms with E-state index in [-0.39, 0.29) is 5.91 Å². The summed E-state index contributed by atoms with van der Waals surface area (Å²) in [7, 11) is 0. The van der Waals surface area contributed by atoms with Crippen molar-refractivity contribution in [3.8, 4) is 0 Å². The predicted molar refractivity (Wildman–Crippen MR) is 90.4 cm³/mol. The fraction of sp³-hybridized carbons (Fsp3) is 0.333. The first-order valence-electron chi connectivity index (χ1n) is 7.51. The van der Waals surface area contributed by atoms with E-state index >= 15 is 0 Å². The van der Waals surface area contributed by atoms with Gasteiger partial charge in [0.05, 0.1) is 4.70 Å². The number of aromatic nitrogens is 1. The number of likely N-dealkylation sites (tertiary alicyclic amines) is 1. The second kappa shape index (κ2) is 7.78. The minimum absolute atomic E-state index is 0.182. The number of hydrogen-bond acceptors (Lipinski definition) is 6. The van der Waals surface area contributed by atoms with Gasteiger partial charge in [-0.05, 0) is 23.4 Å². The summed E-state index contributed by atoms with van der Waals surface area (Å²) in [5, 5.41) is 10.1. The number of carboxylic acid groups (broad SMARTS) is 1. The monoisotopic (exact) mass is 404 g/mol. The van der Waals surface area contributed by atoms with E-state index in [1.54, 1.807) is 11.1 Å². The van der Waals surface area contributed by atoms with E-state index in [1.165, 1.54) is 11.3 Å². The first-order valence-corrected chi connectivity index (χ1v) is 8.39. The number of aliphatic carboxylic acids is 1. The molecule has 0 radical (unpaired) electrons. The fourth-order valence-electron chi connectivity index (χ4n) is 2.52. The number of rotatable bonds is 3. The van der Waals surface area contributed by atoms with Crippen molar-refractivity contribution in [2.24, 2.45) is 11.7 Å². The number of anilines is 1. The number of nitrogens with zero attached hydrogens (tertiary/aromatic N) is 2. The molecule has 0 aliphatic carbocycles. The van der Waals surface area contributed by atoms with Crippen molar-refractivity contribution in [2.75, 3.05) is 12.3 Å². The molecule has 27 heavy (non-hydrogen) atoms. The smallest absolute Gasteiger partial charge is 0.475 e. The molecule has 8 nitrogen and oxygen atoms in total. The highest BCUT2D eigenvalue weighted by atomic mass is 32.1. The summed E-state index contributed by atoms with van der Waals surface area (Å²) < 4.78 is 32.7. The normalized spacial score (nSPS) is 16.9. The minimum atomic E-state index is -5.08. The zero-order valence-electron chi connectivity index (χ0n) is 13.7. The Labute approximate surface area is 154 Å². The molecule has 0 aromatic carbocycles. The van der Waals surface area contributed by atoms with Crippen LogP contribution in [0.4, 0.5) is 19.0 Å². The molecule has 1 atom stereocenters. The Hall–Kier alpha value is -2.89. The number of halogens is 3. The maximum absolute atomic E-state index is 12.1. The number of nitrogens with two attached hydrogens (primary N) is 2. The predicted octanol–water partition coefficient (Wildman–Crippen LogP) is 1.35. The van der Waals surface area contributed by atoms with Crippen LogP contribution in [0.15, 0.2) is 17.6 Å². The zero-order valence-corrected chi connectivity index (χ0v) is 14.5. The van der Waals surface area contributed by atoms with Crippen molar-refractivity contribution in [3.63, 3.8) is 0 Å².